The summed E-state index contributed by atoms with van der Waals surface area (Å²) in [7, 11) is 0. The minimum Gasteiger partial charge on any atom is -0.273 e. The lowest BCUT2D eigenvalue weighted by atomic mass is 9.89. The fraction of sp³-hybridized carbons (Fsp3) is 0.429. The van der Waals surface area contributed by atoms with Gasteiger partial charge < -0.3 is 0 Å². The molecule has 0 fully saturated rings. The zero-order valence-corrected chi connectivity index (χ0v) is 9.83. The molecule has 1 aliphatic carbocycles. The molecule has 0 aromatic heterocycles. The van der Waals surface area contributed by atoms with Crippen LogP contribution in [0.2, 0.25) is 0 Å². The summed E-state index contributed by atoms with van der Waals surface area (Å²) in [5, 5.41) is 4.15. The molecule has 3 rings (SSSR count). The van der Waals surface area contributed by atoms with Gasteiger partial charge in [0.1, 0.15) is 0 Å². The van der Waals surface area contributed by atoms with Gasteiger partial charge in [0, 0.05) is 12.8 Å². The Bertz CT molecular complexity index is 491. The summed E-state index contributed by atoms with van der Waals surface area (Å²) in [4.78, 5) is 11.1. The van der Waals surface area contributed by atoms with Crippen LogP contribution in [0.1, 0.15) is 42.4 Å². The molecule has 3 nitrogen and oxygen atoms in total. The molecule has 1 amide bonds. The van der Waals surface area contributed by atoms with Gasteiger partial charge in [0.15, 0.2) is 0 Å². The summed E-state index contributed by atoms with van der Waals surface area (Å²) in [5.74, 6) is 0.0201. The molecule has 3 heteroatoms. The van der Waals surface area contributed by atoms with Crippen LogP contribution in [-0.2, 0) is 17.6 Å². The van der Waals surface area contributed by atoms with E-state index in [9.17, 15) is 4.79 Å². The molecule has 0 spiro atoms. The van der Waals surface area contributed by atoms with Crippen molar-refractivity contribution in [2.24, 2.45) is 5.10 Å². The van der Waals surface area contributed by atoms with E-state index in [2.05, 4.69) is 28.7 Å². The van der Waals surface area contributed by atoms with Gasteiger partial charge >= 0.3 is 0 Å². The second kappa shape index (κ2) is 4.32. The monoisotopic (exact) mass is 228 g/mol. The Labute approximate surface area is 101 Å². The highest BCUT2D eigenvalue weighted by Gasteiger charge is 2.15. The van der Waals surface area contributed by atoms with Gasteiger partial charge in [-0.3, -0.25) is 4.79 Å². The van der Waals surface area contributed by atoms with Crippen molar-refractivity contribution in [2.75, 3.05) is 0 Å². The van der Waals surface area contributed by atoms with Crippen molar-refractivity contribution in [3.63, 3.8) is 0 Å². The SMILES string of the molecule is O=C1CCC(c2ccc3c(c2)CCCC3)=NN1. The Morgan fingerprint density at radius 3 is 2.59 bits per heavy atom. The third-order valence-corrected chi connectivity index (χ3v) is 3.59. The molecule has 1 aromatic carbocycles. The number of carbonyl (C=O) groups excluding carboxylic acids is 1. The highest BCUT2D eigenvalue weighted by Crippen LogP contribution is 2.23. The van der Waals surface area contributed by atoms with E-state index in [1.165, 1.54) is 42.4 Å². The lowest BCUT2D eigenvalue weighted by Gasteiger charge is -2.18. The average Bonchev–Trinajstić information content (AvgIpc) is 2.39. The molecular formula is C14H16N2O. The highest BCUT2D eigenvalue weighted by molar-refractivity contribution is 6.04. The fourth-order valence-corrected chi connectivity index (χ4v) is 2.60. The summed E-state index contributed by atoms with van der Waals surface area (Å²) < 4.78 is 0. The molecule has 2 aliphatic rings. The smallest absolute Gasteiger partial charge is 0.240 e. The Kier molecular flexibility index (Phi) is 2.67. The van der Waals surface area contributed by atoms with Crippen LogP contribution in [-0.4, -0.2) is 11.6 Å². The number of nitrogens with one attached hydrogen (secondary N) is 1. The quantitative estimate of drug-likeness (QED) is 0.786. The number of nitrogens with zero attached hydrogens (tertiary/aromatic N) is 1. The first-order chi connectivity index (χ1) is 8.33. The maximum atomic E-state index is 11.1. The third-order valence-electron chi connectivity index (χ3n) is 3.59. The number of hydrogen-bond donors (Lipinski definition) is 1. The molecule has 1 aliphatic heterocycles. The van der Waals surface area contributed by atoms with Crippen LogP contribution < -0.4 is 5.43 Å². The van der Waals surface area contributed by atoms with Gasteiger partial charge in [-0.2, -0.15) is 5.10 Å². The standard InChI is InChI=1S/C14H16N2O/c17-14-8-7-13(15-16-14)12-6-5-10-3-1-2-4-11(10)9-12/h5-6,9H,1-4,7-8H2,(H,16,17). The fourth-order valence-electron chi connectivity index (χ4n) is 2.60. The number of fused-ring (bicyclic) bond motifs is 1. The molecule has 0 radical (unpaired) electrons. The minimum absolute atomic E-state index is 0.0201. The van der Waals surface area contributed by atoms with Crippen LogP contribution in [0.4, 0.5) is 0 Å². The number of aryl methyl sites for hydroxylation is 2. The zero-order valence-electron chi connectivity index (χ0n) is 9.83. The largest absolute Gasteiger partial charge is 0.273 e. The number of rotatable bonds is 1. The van der Waals surface area contributed by atoms with E-state index in [0.29, 0.717) is 6.42 Å². The van der Waals surface area contributed by atoms with Gasteiger partial charge in [-0.1, -0.05) is 12.1 Å². The zero-order chi connectivity index (χ0) is 11.7. The predicted octanol–water partition coefficient (Wildman–Crippen LogP) is 2.18. The Morgan fingerprint density at radius 1 is 1.00 bits per heavy atom. The van der Waals surface area contributed by atoms with E-state index in [-0.39, 0.29) is 5.91 Å². The van der Waals surface area contributed by atoms with Crippen LogP contribution in [0.5, 0.6) is 0 Å². The molecule has 1 aromatic rings. The van der Waals surface area contributed by atoms with Crippen LogP contribution in [0.15, 0.2) is 23.3 Å². The first-order valence-electron chi connectivity index (χ1n) is 6.30. The molecule has 0 atom stereocenters. The van der Waals surface area contributed by atoms with Crippen molar-refractivity contribution in [3.8, 4) is 0 Å². The molecule has 1 heterocycles. The summed E-state index contributed by atoms with van der Waals surface area (Å²) in [6.07, 6.45) is 6.30. The lowest BCUT2D eigenvalue weighted by molar-refractivity contribution is -0.121. The number of carbonyl (C=O) groups is 1. The maximum absolute atomic E-state index is 11.1. The third kappa shape index (κ3) is 2.09. The van der Waals surface area contributed by atoms with Crippen LogP contribution >= 0.6 is 0 Å². The molecule has 0 saturated carbocycles. The Balaban J connectivity index is 1.91. The first-order valence-corrected chi connectivity index (χ1v) is 6.30. The van der Waals surface area contributed by atoms with Crippen molar-refractivity contribution >= 4 is 11.6 Å². The van der Waals surface area contributed by atoms with E-state index >= 15 is 0 Å². The molecule has 0 saturated heterocycles. The number of hydrogen-bond acceptors (Lipinski definition) is 2. The highest BCUT2D eigenvalue weighted by atomic mass is 16.2. The van der Waals surface area contributed by atoms with Crippen LogP contribution in [0, 0.1) is 0 Å². The molecule has 88 valence electrons. The van der Waals surface area contributed by atoms with Crippen molar-refractivity contribution in [1.29, 1.82) is 0 Å². The number of amides is 1. The Morgan fingerprint density at radius 2 is 1.82 bits per heavy atom. The van der Waals surface area contributed by atoms with Crippen molar-refractivity contribution in [1.82, 2.24) is 5.43 Å². The van der Waals surface area contributed by atoms with Crippen molar-refractivity contribution in [2.45, 2.75) is 38.5 Å². The summed E-state index contributed by atoms with van der Waals surface area (Å²) in [6.45, 7) is 0. The van der Waals surface area contributed by atoms with Crippen LogP contribution in [0.3, 0.4) is 0 Å². The van der Waals surface area contributed by atoms with E-state index in [1.54, 1.807) is 0 Å². The first kappa shape index (κ1) is 10.5. The second-order valence-electron chi connectivity index (χ2n) is 4.78. The number of hydrazone groups is 1. The van der Waals surface area contributed by atoms with E-state index in [0.717, 1.165) is 12.1 Å². The van der Waals surface area contributed by atoms with E-state index in [4.69, 9.17) is 0 Å². The molecule has 0 unspecified atom stereocenters. The topological polar surface area (TPSA) is 41.5 Å². The minimum atomic E-state index is 0.0201. The van der Waals surface area contributed by atoms with E-state index in [1.807, 2.05) is 0 Å². The normalized spacial score (nSPS) is 19.3. The van der Waals surface area contributed by atoms with Gasteiger partial charge in [-0.05, 0) is 48.4 Å². The van der Waals surface area contributed by atoms with Crippen molar-refractivity contribution < 1.29 is 4.79 Å². The number of benzene rings is 1. The lowest BCUT2D eigenvalue weighted by Crippen LogP contribution is -2.26. The molecular weight excluding hydrogens is 212 g/mol. The van der Waals surface area contributed by atoms with Gasteiger partial charge in [0.25, 0.3) is 0 Å². The van der Waals surface area contributed by atoms with E-state index < -0.39 is 0 Å². The second-order valence-corrected chi connectivity index (χ2v) is 4.78. The maximum Gasteiger partial charge on any atom is 0.240 e. The Hall–Kier alpha value is -1.64. The molecule has 0 bridgehead atoms. The summed E-state index contributed by atoms with van der Waals surface area (Å²) >= 11 is 0. The summed E-state index contributed by atoms with van der Waals surface area (Å²) in [6, 6.07) is 6.62. The van der Waals surface area contributed by atoms with Crippen LogP contribution in [0.25, 0.3) is 0 Å². The van der Waals surface area contributed by atoms with Gasteiger partial charge in [-0.15, -0.1) is 0 Å². The van der Waals surface area contributed by atoms with Gasteiger partial charge in [0.2, 0.25) is 5.91 Å². The van der Waals surface area contributed by atoms with Crippen molar-refractivity contribution in [3.05, 3.63) is 34.9 Å². The molecule has 17 heavy (non-hydrogen) atoms. The van der Waals surface area contributed by atoms with Gasteiger partial charge in [-0.25, -0.2) is 5.43 Å². The molecule has 1 N–H and O–H groups in total. The van der Waals surface area contributed by atoms with Gasteiger partial charge in [0.05, 0.1) is 5.71 Å². The predicted molar refractivity (Wildman–Crippen MR) is 67.0 cm³/mol. The summed E-state index contributed by atoms with van der Waals surface area (Å²) in [5.41, 5.74) is 7.70. The average molecular weight is 228 g/mol.